The van der Waals surface area contributed by atoms with Crippen LogP contribution >= 0.6 is 11.3 Å². The van der Waals surface area contributed by atoms with E-state index in [2.05, 4.69) is 4.74 Å². The van der Waals surface area contributed by atoms with E-state index >= 15 is 0 Å². The van der Waals surface area contributed by atoms with Gasteiger partial charge in [0.05, 0.1) is 17.4 Å². The molecule has 0 amide bonds. The van der Waals surface area contributed by atoms with E-state index in [0.717, 1.165) is 25.3 Å². The molecule has 0 atom stereocenters. The molecular formula is C19H12F6O3S. The van der Waals surface area contributed by atoms with Gasteiger partial charge in [0, 0.05) is 0 Å². The van der Waals surface area contributed by atoms with Gasteiger partial charge in [-0.15, -0.1) is 11.3 Å². The quantitative estimate of drug-likeness (QED) is 0.357. The van der Waals surface area contributed by atoms with E-state index in [1.54, 1.807) is 0 Å². The summed E-state index contributed by atoms with van der Waals surface area (Å²) >= 11 is 0.407. The molecule has 0 N–H and O–H groups in total. The second-order valence-electron chi connectivity index (χ2n) is 5.94. The molecule has 0 bridgehead atoms. The summed E-state index contributed by atoms with van der Waals surface area (Å²) < 4.78 is 87.4. The molecule has 1 aromatic heterocycles. The molecule has 2 aromatic carbocycles. The molecule has 0 aliphatic carbocycles. The fourth-order valence-electron chi connectivity index (χ4n) is 2.58. The highest BCUT2D eigenvalue weighted by atomic mass is 32.1. The van der Waals surface area contributed by atoms with Crippen LogP contribution in [0.2, 0.25) is 0 Å². The van der Waals surface area contributed by atoms with Crippen LogP contribution in [0.5, 0.6) is 5.75 Å². The highest BCUT2D eigenvalue weighted by Crippen LogP contribution is 2.43. The molecule has 3 aromatic rings. The summed E-state index contributed by atoms with van der Waals surface area (Å²) in [5.74, 6) is -0.925. The molecule has 0 radical (unpaired) electrons. The largest absolute Gasteiger partial charge is 0.486 e. The van der Waals surface area contributed by atoms with E-state index in [4.69, 9.17) is 4.74 Å². The Morgan fingerprint density at radius 1 is 0.966 bits per heavy atom. The number of ether oxygens (including phenoxy) is 2. The van der Waals surface area contributed by atoms with Gasteiger partial charge in [-0.2, -0.15) is 26.3 Å². The lowest BCUT2D eigenvalue weighted by Gasteiger charge is -2.12. The Morgan fingerprint density at radius 2 is 1.62 bits per heavy atom. The molecule has 0 fully saturated rings. The summed E-state index contributed by atoms with van der Waals surface area (Å²) in [5.41, 5.74) is -0.576. The molecule has 0 spiro atoms. The monoisotopic (exact) mass is 434 g/mol. The molecule has 10 heteroatoms. The van der Waals surface area contributed by atoms with Crippen molar-refractivity contribution < 1.29 is 40.6 Å². The standard InChI is InChI=1S/C19H12F6O3S/c1-27-17(26)13-7-4-11-8-14(19(23,24)25)29-16(11)15(13)28-9-10-2-5-12(6-3-10)18(20,21)22/h2-8H,9H2,1H3. The lowest BCUT2D eigenvalue weighted by atomic mass is 10.1. The maximum atomic E-state index is 13.1. The Morgan fingerprint density at radius 3 is 2.17 bits per heavy atom. The SMILES string of the molecule is COC(=O)c1ccc2cc(C(F)(F)F)sc2c1OCc1ccc(C(F)(F)F)cc1. The van der Waals surface area contributed by atoms with Crippen molar-refractivity contribution in [3.63, 3.8) is 0 Å². The van der Waals surface area contributed by atoms with Gasteiger partial charge in [-0.25, -0.2) is 4.79 Å². The van der Waals surface area contributed by atoms with Crippen molar-refractivity contribution in [3.05, 3.63) is 64.0 Å². The highest BCUT2D eigenvalue weighted by molar-refractivity contribution is 7.19. The first kappa shape index (κ1) is 21.0. The van der Waals surface area contributed by atoms with Gasteiger partial charge in [0.2, 0.25) is 0 Å². The van der Waals surface area contributed by atoms with Crippen LogP contribution in [0, 0.1) is 0 Å². The first-order valence-corrected chi connectivity index (χ1v) is 8.83. The Balaban J connectivity index is 1.97. The number of methoxy groups -OCH3 is 1. The van der Waals surface area contributed by atoms with Crippen LogP contribution < -0.4 is 4.74 Å². The molecule has 0 saturated heterocycles. The molecule has 3 rings (SSSR count). The number of halogens is 6. The molecule has 29 heavy (non-hydrogen) atoms. The first-order valence-electron chi connectivity index (χ1n) is 8.01. The zero-order valence-electron chi connectivity index (χ0n) is 14.6. The zero-order valence-corrected chi connectivity index (χ0v) is 15.5. The van der Waals surface area contributed by atoms with Crippen LogP contribution in [-0.2, 0) is 23.7 Å². The number of fused-ring (bicyclic) bond motifs is 1. The van der Waals surface area contributed by atoms with Crippen molar-refractivity contribution >= 4 is 27.4 Å². The Kier molecular flexibility index (Phi) is 5.48. The smallest absolute Gasteiger partial charge is 0.425 e. The van der Waals surface area contributed by atoms with Crippen molar-refractivity contribution in [3.8, 4) is 5.75 Å². The first-order chi connectivity index (χ1) is 13.5. The second kappa shape index (κ2) is 7.58. The molecule has 0 aliphatic heterocycles. The number of benzene rings is 2. The Labute approximate surface area is 164 Å². The minimum absolute atomic E-state index is 0.0810. The van der Waals surface area contributed by atoms with Gasteiger partial charge < -0.3 is 9.47 Å². The number of rotatable bonds is 4. The van der Waals surface area contributed by atoms with Crippen molar-refractivity contribution in [1.82, 2.24) is 0 Å². The molecule has 0 saturated carbocycles. The van der Waals surface area contributed by atoms with Gasteiger partial charge in [-0.1, -0.05) is 18.2 Å². The van der Waals surface area contributed by atoms with E-state index in [1.807, 2.05) is 0 Å². The Bertz CT molecular complexity index is 1040. The minimum atomic E-state index is -4.57. The van der Waals surface area contributed by atoms with Gasteiger partial charge in [0.15, 0.2) is 5.75 Å². The van der Waals surface area contributed by atoms with E-state index in [-0.39, 0.29) is 28.0 Å². The van der Waals surface area contributed by atoms with Gasteiger partial charge in [0.25, 0.3) is 0 Å². The van der Waals surface area contributed by atoms with E-state index in [0.29, 0.717) is 16.9 Å². The maximum Gasteiger partial charge on any atom is 0.425 e. The summed E-state index contributed by atoms with van der Waals surface area (Å²) in [5, 5.41) is 0.220. The van der Waals surface area contributed by atoms with Gasteiger partial charge in [0.1, 0.15) is 17.0 Å². The fourth-order valence-corrected chi connectivity index (χ4v) is 3.60. The van der Waals surface area contributed by atoms with Crippen molar-refractivity contribution in [2.45, 2.75) is 19.0 Å². The van der Waals surface area contributed by atoms with Crippen LogP contribution in [0.3, 0.4) is 0 Å². The fraction of sp³-hybridized carbons (Fsp3) is 0.211. The number of carbonyl (C=O) groups excluding carboxylic acids is 1. The van der Waals surface area contributed by atoms with Gasteiger partial charge in [-0.3, -0.25) is 0 Å². The van der Waals surface area contributed by atoms with Crippen molar-refractivity contribution in [2.75, 3.05) is 7.11 Å². The van der Waals surface area contributed by atoms with Crippen molar-refractivity contribution in [2.24, 2.45) is 0 Å². The van der Waals surface area contributed by atoms with Crippen LogP contribution in [-0.4, -0.2) is 13.1 Å². The minimum Gasteiger partial charge on any atom is -0.486 e. The topological polar surface area (TPSA) is 35.5 Å². The number of hydrogen-bond donors (Lipinski definition) is 0. The molecule has 1 heterocycles. The van der Waals surface area contributed by atoms with Gasteiger partial charge >= 0.3 is 18.3 Å². The summed E-state index contributed by atoms with van der Waals surface area (Å²) in [6.07, 6.45) is -9.06. The van der Waals surface area contributed by atoms with E-state index < -0.39 is 28.8 Å². The third-order valence-corrected chi connectivity index (χ3v) is 5.18. The lowest BCUT2D eigenvalue weighted by Crippen LogP contribution is -2.07. The van der Waals surface area contributed by atoms with Crippen LogP contribution in [0.1, 0.15) is 26.4 Å². The van der Waals surface area contributed by atoms with E-state index in [1.165, 1.54) is 24.3 Å². The number of carbonyl (C=O) groups is 1. The van der Waals surface area contributed by atoms with E-state index in [9.17, 15) is 31.1 Å². The third kappa shape index (κ3) is 4.47. The molecular weight excluding hydrogens is 422 g/mol. The zero-order chi connectivity index (χ0) is 21.4. The normalized spacial score (nSPS) is 12.2. The molecule has 0 unspecified atom stereocenters. The summed E-state index contributed by atoms with van der Waals surface area (Å²) in [6, 6.07) is 7.68. The number of thiophene rings is 1. The van der Waals surface area contributed by atoms with Gasteiger partial charge in [-0.05, 0) is 35.2 Å². The predicted molar refractivity (Wildman–Crippen MR) is 93.9 cm³/mol. The number of alkyl halides is 6. The van der Waals surface area contributed by atoms with Crippen LogP contribution in [0.15, 0.2) is 42.5 Å². The predicted octanol–water partition coefficient (Wildman–Crippen LogP) is 6.30. The van der Waals surface area contributed by atoms with Crippen LogP contribution in [0.4, 0.5) is 26.3 Å². The number of hydrogen-bond acceptors (Lipinski definition) is 4. The maximum absolute atomic E-state index is 13.1. The molecule has 0 aliphatic rings. The second-order valence-corrected chi connectivity index (χ2v) is 7.00. The summed E-state index contributed by atoms with van der Waals surface area (Å²) in [4.78, 5) is 11.1. The highest BCUT2D eigenvalue weighted by Gasteiger charge is 2.34. The summed E-state index contributed by atoms with van der Waals surface area (Å²) in [7, 11) is 1.11. The lowest BCUT2D eigenvalue weighted by molar-refractivity contribution is -0.137. The average Bonchev–Trinajstić information content (AvgIpc) is 3.10. The molecule has 154 valence electrons. The Hall–Kier alpha value is -2.75. The third-order valence-electron chi connectivity index (χ3n) is 3.99. The molecule has 3 nitrogen and oxygen atoms in total. The average molecular weight is 434 g/mol. The van der Waals surface area contributed by atoms with Crippen molar-refractivity contribution in [1.29, 1.82) is 0 Å². The number of esters is 1. The summed E-state index contributed by atoms with van der Waals surface area (Å²) in [6.45, 7) is -0.250. The van der Waals surface area contributed by atoms with Crippen LogP contribution in [0.25, 0.3) is 10.1 Å².